The van der Waals surface area contributed by atoms with Gasteiger partial charge in [0.1, 0.15) is 0 Å². The molecule has 0 aliphatic carbocycles. The minimum Gasteiger partial charge on any atom is -0.369 e. The van der Waals surface area contributed by atoms with Crippen LogP contribution in [-0.4, -0.2) is 19.1 Å². The third-order valence-electron chi connectivity index (χ3n) is 3.27. The smallest absolute Gasteiger partial charge is 0.329 e. The molecule has 0 aliphatic heterocycles. The van der Waals surface area contributed by atoms with Crippen LogP contribution in [0.1, 0.15) is 32.6 Å². The fourth-order valence-corrected chi connectivity index (χ4v) is 2.17. The topological polar surface area (TPSA) is 98.7 Å². The van der Waals surface area contributed by atoms with E-state index in [4.69, 9.17) is 5.73 Å². The second kappa shape index (κ2) is 5.29. The monoisotopic (exact) mass is 265 g/mol. The molecule has 7 nitrogen and oxygen atoms in total. The van der Waals surface area contributed by atoms with Crippen molar-refractivity contribution in [1.82, 2.24) is 19.1 Å². The summed E-state index contributed by atoms with van der Waals surface area (Å²) < 4.78 is 2.99. The maximum atomic E-state index is 11.9. The molecule has 0 saturated heterocycles. The molecular weight excluding hydrogens is 246 g/mol. The standard InChI is InChI=1S/C12H19N5O2/c1-3-4-5-6-7-17-8-9(14-11(17)13)16(2)12(19)15-10(8)18/h3-7H2,1-2H3,(H2,13,14)(H,15,18,19). The van der Waals surface area contributed by atoms with E-state index < -0.39 is 11.2 Å². The minimum absolute atomic E-state index is 0.276. The summed E-state index contributed by atoms with van der Waals surface area (Å²) in [6.45, 7) is 2.78. The van der Waals surface area contributed by atoms with E-state index in [1.807, 2.05) is 0 Å². The van der Waals surface area contributed by atoms with Gasteiger partial charge in [-0.05, 0) is 6.42 Å². The molecule has 0 bridgehead atoms. The Balaban J connectivity index is 2.44. The number of anilines is 1. The molecule has 3 N–H and O–H groups in total. The van der Waals surface area contributed by atoms with Gasteiger partial charge in [-0.15, -0.1) is 0 Å². The summed E-state index contributed by atoms with van der Waals surface area (Å²) in [6.07, 6.45) is 4.32. The molecule has 0 unspecified atom stereocenters. The Morgan fingerprint density at radius 1 is 1.26 bits per heavy atom. The van der Waals surface area contributed by atoms with Crippen molar-refractivity contribution in [3.63, 3.8) is 0 Å². The molecule has 2 rings (SSSR count). The summed E-state index contributed by atoms with van der Waals surface area (Å²) in [5.74, 6) is 0.276. The van der Waals surface area contributed by atoms with Gasteiger partial charge in [0.15, 0.2) is 11.2 Å². The first-order valence-corrected chi connectivity index (χ1v) is 6.51. The van der Waals surface area contributed by atoms with Crippen LogP contribution in [0.4, 0.5) is 5.95 Å². The number of aryl methyl sites for hydroxylation is 2. The lowest BCUT2D eigenvalue weighted by Gasteiger charge is -2.05. The fraction of sp³-hybridized carbons (Fsp3) is 0.583. The van der Waals surface area contributed by atoms with Crippen LogP contribution < -0.4 is 17.0 Å². The Hall–Kier alpha value is -2.05. The zero-order chi connectivity index (χ0) is 14.0. The van der Waals surface area contributed by atoms with Crippen LogP contribution in [0, 0.1) is 0 Å². The Labute approximate surface area is 110 Å². The summed E-state index contributed by atoms with van der Waals surface area (Å²) in [4.78, 5) is 29.8. The van der Waals surface area contributed by atoms with Crippen LogP contribution in [-0.2, 0) is 13.6 Å². The number of aromatic amines is 1. The molecule has 0 aliphatic rings. The Morgan fingerprint density at radius 3 is 2.68 bits per heavy atom. The first-order valence-electron chi connectivity index (χ1n) is 6.51. The van der Waals surface area contributed by atoms with Gasteiger partial charge in [0.25, 0.3) is 5.56 Å². The van der Waals surface area contributed by atoms with E-state index in [2.05, 4.69) is 16.9 Å². The lowest BCUT2D eigenvalue weighted by molar-refractivity contribution is 0.594. The highest BCUT2D eigenvalue weighted by Gasteiger charge is 2.14. The molecule has 0 atom stereocenters. The summed E-state index contributed by atoms with van der Waals surface area (Å²) in [7, 11) is 1.56. The van der Waals surface area contributed by atoms with E-state index in [1.165, 1.54) is 4.57 Å². The SMILES string of the molecule is CCCCCCn1c(N)nc2c1c(=O)[nH]c(=O)n2C. The average molecular weight is 265 g/mol. The van der Waals surface area contributed by atoms with Gasteiger partial charge in [-0.3, -0.25) is 14.3 Å². The van der Waals surface area contributed by atoms with E-state index >= 15 is 0 Å². The maximum absolute atomic E-state index is 11.9. The largest absolute Gasteiger partial charge is 0.369 e. The van der Waals surface area contributed by atoms with Crippen molar-refractivity contribution in [2.24, 2.45) is 7.05 Å². The van der Waals surface area contributed by atoms with Crippen LogP contribution in [0.3, 0.4) is 0 Å². The van der Waals surface area contributed by atoms with Crippen LogP contribution in [0.15, 0.2) is 9.59 Å². The molecule has 104 valence electrons. The molecule has 0 saturated carbocycles. The highest BCUT2D eigenvalue weighted by atomic mass is 16.2. The van der Waals surface area contributed by atoms with Crippen molar-refractivity contribution < 1.29 is 0 Å². The molecule has 0 radical (unpaired) electrons. The summed E-state index contributed by atoms with van der Waals surface area (Å²) in [5.41, 5.74) is 5.63. The zero-order valence-corrected chi connectivity index (χ0v) is 11.3. The van der Waals surface area contributed by atoms with Crippen LogP contribution in [0.25, 0.3) is 11.2 Å². The second-order valence-electron chi connectivity index (χ2n) is 4.67. The maximum Gasteiger partial charge on any atom is 0.329 e. The van der Waals surface area contributed by atoms with E-state index in [9.17, 15) is 9.59 Å². The third-order valence-corrected chi connectivity index (χ3v) is 3.27. The first kappa shape index (κ1) is 13.4. The molecular formula is C12H19N5O2. The van der Waals surface area contributed by atoms with Crippen molar-refractivity contribution in [2.75, 3.05) is 5.73 Å². The molecule has 0 spiro atoms. The van der Waals surface area contributed by atoms with Gasteiger partial charge in [0.05, 0.1) is 0 Å². The van der Waals surface area contributed by atoms with E-state index in [1.54, 1.807) is 11.6 Å². The highest BCUT2D eigenvalue weighted by Crippen LogP contribution is 2.13. The van der Waals surface area contributed by atoms with E-state index in [0.29, 0.717) is 17.7 Å². The average Bonchev–Trinajstić information content (AvgIpc) is 2.70. The number of rotatable bonds is 5. The number of unbranched alkanes of at least 4 members (excludes halogenated alkanes) is 3. The van der Waals surface area contributed by atoms with Gasteiger partial charge in [-0.2, -0.15) is 4.98 Å². The predicted molar refractivity (Wildman–Crippen MR) is 74.1 cm³/mol. The lowest BCUT2D eigenvalue weighted by atomic mass is 10.2. The zero-order valence-electron chi connectivity index (χ0n) is 11.3. The lowest BCUT2D eigenvalue weighted by Crippen LogP contribution is -2.29. The molecule has 7 heteroatoms. The predicted octanol–water partition coefficient (Wildman–Crippen LogP) is 0.586. The number of nitrogens with zero attached hydrogens (tertiary/aromatic N) is 3. The van der Waals surface area contributed by atoms with Crippen molar-refractivity contribution in [2.45, 2.75) is 39.2 Å². The third kappa shape index (κ3) is 2.40. The van der Waals surface area contributed by atoms with Gasteiger partial charge in [0.2, 0.25) is 5.95 Å². The Kier molecular flexibility index (Phi) is 3.73. The number of hydrogen-bond acceptors (Lipinski definition) is 4. The van der Waals surface area contributed by atoms with E-state index in [-0.39, 0.29) is 5.95 Å². The van der Waals surface area contributed by atoms with Gasteiger partial charge < -0.3 is 10.3 Å². The van der Waals surface area contributed by atoms with Gasteiger partial charge >= 0.3 is 5.69 Å². The van der Waals surface area contributed by atoms with Gasteiger partial charge in [0, 0.05) is 13.6 Å². The van der Waals surface area contributed by atoms with Crippen molar-refractivity contribution in [3.8, 4) is 0 Å². The molecule has 19 heavy (non-hydrogen) atoms. The van der Waals surface area contributed by atoms with Crippen molar-refractivity contribution >= 4 is 17.1 Å². The number of fused-ring (bicyclic) bond motifs is 1. The molecule has 0 amide bonds. The van der Waals surface area contributed by atoms with Gasteiger partial charge in [-0.25, -0.2) is 4.79 Å². The second-order valence-corrected chi connectivity index (χ2v) is 4.67. The summed E-state index contributed by atoms with van der Waals surface area (Å²) in [5, 5.41) is 0. The van der Waals surface area contributed by atoms with Crippen molar-refractivity contribution in [1.29, 1.82) is 0 Å². The highest BCUT2D eigenvalue weighted by molar-refractivity contribution is 5.73. The number of hydrogen-bond donors (Lipinski definition) is 2. The van der Waals surface area contributed by atoms with Crippen molar-refractivity contribution in [3.05, 3.63) is 20.8 Å². The van der Waals surface area contributed by atoms with Crippen LogP contribution in [0.2, 0.25) is 0 Å². The molecule has 0 aromatic carbocycles. The summed E-state index contributed by atoms with van der Waals surface area (Å²) >= 11 is 0. The number of nitrogens with one attached hydrogen (secondary N) is 1. The van der Waals surface area contributed by atoms with Crippen LogP contribution >= 0.6 is 0 Å². The van der Waals surface area contributed by atoms with Crippen LogP contribution in [0.5, 0.6) is 0 Å². The number of imidazole rings is 1. The molecule has 0 fully saturated rings. The first-order chi connectivity index (χ1) is 9.06. The Bertz CT molecular complexity index is 694. The normalized spacial score (nSPS) is 11.3. The molecule has 2 aromatic heterocycles. The summed E-state index contributed by atoms with van der Waals surface area (Å²) in [6, 6.07) is 0. The number of nitrogen functional groups attached to an aromatic ring is 1. The van der Waals surface area contributed by atoms with Gasteiger partial charge in [-0.1, -0.05) is 26.2 Å². The fourth-order valence-electron chi connectivity index (χ4n) is 2.17. The van der Waals surface area contributed by atoms with E-state index in [0.717, 1.165) is 25.7 Å². The number of H-pyrrole nitrogens is 1. The minimum atomic E-state index is -0.479. The number of aromatic nitrogens is 4. The quantitative estimate of drug-likeness (QED) is 0.773. The number of nitrogens with two attached hydrogens (primary N) is 1. The molecule has 2 heterocycles. The molecule has 2 aromatic rings. The Morgan fingerprint density at radius 2 is 2.00 bits per heavy atom.